The first-order valence-electron chi connectivity index (χ1n) is 12.1. The van der Waals surface area contributed by atoms with Gasteiger partial charge in [-0.1, -0.05) is 65.9 Å². The second kappa shape index (κ2) is 11.3. The predicted molar refractivity (Wildman–Crippen MR) is 145 cm³/mol. The molecule has 2 heterocycles. The molecule has 3 aromatic carbocycles. The minimum atomic E-state index is -0.875. The van der Waals surface area contributed by atoms with E-state index in [9.17, 15) is 14.0 Å². The van der Waals surface area contributed by atoms with E-state index >= 15 is 0 Å². The summed E-state index contributed by atoms with van der Waals surface area (Å²) >= 11 is 1.20. The smallest absolute Gasteiger partial charge is 0.338 e. The summed E-state index contributed by atoms with van der Waals surface area (Å²) in [5.41, 5.74) is 2.25. The number of nitriles is 1. The van der Waals surface area contributed by atoms with Gasteiger partial charge in [0, 0.05) is 5.56 Å². The van der Waals surface area contributed by atoms with Gasteiger partial charge >= 0.3 is 5.97 Å². The third-order valence-electron chi connectivity index (χ3n) is 6.04. The van der Waals surface area contributed by atoms with Gasteiger partial charge in [-0.15, -0.1) is 0 Å². The van der Waals surface area contributed by atoms with Gasteiger partial charge in [0.05, 0.1) is 28.5 Å². The number of nitrogens with zero attached hydrogens (tertiary/aromatic N) is 3. The number of carbonyl (C=O) groups excluding carboxylic acids is 1. The number of aromatic nitrogens is 1. The van der Waals surface area contributed by atoms with Crippen LogP contribution in [-0.4, -0.2) is 23.8 Å². The lowest BCUT2D eigenvalue weighted by Gasteiger charge is -2.25. The number of halogens is 1. The number of hydrogen-bond donors (Lipinski definition) is 0. The Kier molecular flexibility index (Phi) is 7.48. The van der Waals surface area contributed by atoms with Gasteiger partial charge < -0.3 is 9.47 Å². The lowest BCUT2D eigenvalue weighted by molar-refractivity contribution is -0.138. The van der Waals surface area contributed by atoms with Gasteiger partial charge in [-0.25, -0.2) is 14.2 Å². The number of esters is 1. The fraction of sp³-hybridized carbons (Fsp3) is 0.133. The standard InChI is InChI=1S/C30H22FN3O4S/c1-2-37-29(36)25-26(20-6-4-3-5-7-20)33-30-34(27(25)21-10-12-22(31)13-11-21)28(35)24(39-30)18-19-8-14-23(15-9-19)38-17-16-32/h3-15,18,27H,2,17H2,1H3/t27-/m0/s1. The van der Waals surface area contributed by atoms with Crippen molar-refractivity contribution in [3.05, 3.63) is 127 Å². The predicted octanol–water partition coefficient (Wildman–Crippen LogP) is 3.98. The van der Waals surface area contributed by atoms with Crippen molar-refractivity contribution in [1.29, 1.82) is 5.26 Å². The van der Waals surface area contributed by atoms with Gasteiger partial charge in [-0.3, -0.25) is 9.36 Å². The largest absolute Gasteiger partial charge is 0.479 e. The highest BCUT2D eigenvalue weighted by Crippen LogP contribution is 2.35. The lowest BCUT2D eigenvalue weighted by atomic mass is 9.93. The molecule has 1 aromatic heterocycles. The van der Waals surface area contributed by atoms with Gasteiger partial charge in [0.2, 0.25) is 0 Å². The quantitative estimate of drug-likeness (QED) is 0.331. The van der Waals surface area contributed by atoms with Crippen molar-refractivity contribution in [2.24, 2.45) is 4.99 Å². The molecule has 0 unspecified atom stereocenters. The number of thiazole rings is 1. The topological polar surface area (TPSA) is 93.7 Å². The molecule has 0 bridgehead atoms. The first-order chi connectivity index (χ1) is 19.0. The summed E-state index contributed by atoms with van der Waals surface area (Å²) in [6.07, 6.45) is 1.73. The molecule has 0 amide bonds. The van der Waals surface area contributed by atoms with Crippen LogP contribution >= 0.6 is 11.3 Å². The van der Waals surface area contributed by atoms with Crippen LogP contribution in [0.4, 0.5) is 4.39 Å². The molecule has 0 saturated heterocycles. The highest BCUT2D eigenvalue weighted by atomic mass is 32.1. The van der Waals surface area contributed by atoms with Crippen molar-refractivity contribution in [1.82, 2.24) is 4.57 Å². The van der Waals surface area contributed by atoms with E-state index in [0.717, 1.165) is 5.56 Å². The molecule has 0 spiro atoms. The van der Waals surface area contributed by atoms with Crippen molar-refractivity contribution in [2.75, 3.05) is 13.2 Å². The van der Waals surface area contributed by atoms with Crippen LogP contribution in [0.15, 0.2) is 94.2 Å². The second-order valence-electron chi connectivity index (χ2n) is 8.50. The normalized spacial score (nSPS) is 14.8. The number of benzene rings is 3. The molecule has 4 aromatic rings. The molecule has 194 valence electrons. The molecule has 0 saturated carbocycles. The van der Waals surface area contributed by atoms with Crippen LogP contribution in [0.5, 0.6) is 5.75 Å². The zero-order chi connectivity index (χ0) is 27.4. The summed E-state index contributed by atoms with van der Waals surface area (Å²) in [4.78, 5) is 32.4. The molecule has 0 aliphatic carbocycles. The molecule has 0 fully saturated rings. The third-order valence-corrected chi connectivity index (χ3v) is 7.02. The van der Waals surface area contributed by atoms with Gasteiger partial charge in [0.1, 0.15) is 17.6 Å². The zero-order valence-electron chi connectivity index (χ0n) is 20.8. The molecule has 39 heavy (non-hydrogen) atoms. The summed E-state index contributed by atoms with van der Waals surface area (Å²) in [6.45, 7) is 1.78. The Hall–Kier alpha value is -4.81. The van der Waals surface area contributed by atoms with Crippen LogP contribution in [-0.2, 0) is 9.53 Å². The molecular formula is C30H22FN3O4S. The average molecular weight is 540 g/mol. The van der Waals surface area contributed by atoms with Crippen LogP contribution in [0, 0.1) is 17.1 Å². The molecule has 5 rings (SSSR count). The van der Waals surface area contributed by atoms with Crippen molar-refractivity contribution in [2.45, 2.75) is 13.0 Å². The highest BCUT2D eigenvalue weighted by molar-refractivity contribution is 7.07. The van der Waals surface area contributed by atoms with Gasteiger partial charge in [0.25, 0.3) is 5.56 Å². The second-order valence-corrected chi connectivity index (χ2v) is 9.51. The Morgan fingerprint density at radius 3 is 2.49 bits per heavy atom. The van der Waals surface area contributed by atoms with E-state index in [1.165, 1.54) is 28.0 Å². The monoisotopic (exact) mass is 539 g/mol. The molecule has 0 N–H and O–H groups in total. The van der Waals surface area contributed by atoms with E-state index in [1.807, 2.05) is 36.4 Å². The maximum atomic E-state index is 13.9. The number of rotatable bonds is 7. The van der Waals surface area contributed by atoms with E-state index in [2.05, 4.69) is 0 Å². The highest BCUT2D eigenvalue weighted by Gasteiger charge is 2.35. The van der Waals surface area contributed by atoms with E-state index < -0.39 is 17.8 Å². The molecule has 9 heteroatoms. The van der Waals surface area contributed by atoms with Crippen molar-refractivity contribution in [3.8, 4) is 11.8 Å². The summed E-state index contributed by atoms with van der Waals surface area (Å²) < 4.78 is 26.5. The number of fused-ring (bicyclic) bond motifs is 1. The Balaban J connectivity index is 1.73. The molecule has 1 aliphatic rings. The van der Waals surface area contributed by atoms with E-state index in [4.69, 9.17) is 19.7 Å². The van der Waals surface area contributed by atoms with E-state index in [-0.39, 0.29) is 24.3 Å². The Bertz CT molecular complexity index is 1770. The van der Waals surface area contributed by atoms with Gasteiger partial charge in [-0.05, 0) is 48.4 Å². The minimum absolute atomic E-state index is 0.0616. The summed E-state index contributed by atoms with van der Waals surface area (Å²) in [7, 11) is 0. The maximum Gasteiger partial charge on any atom is 0.338 e. The molecular weight excluding hydrogens is 517 g/mol. The number of carbonyl (C=O) groups is 1. The Labute approximate surface area is 227 Å². The lowest BCUT2D eigenvalue weighted by Crippen LogP contribution is -2.40. The van der Waals surface area contributed by atoms with Gasteiger partial charge in [0.15, 0.2) is 11.4 Å². The minimum Gasteiger partial charge on any atom is -0.479 e. The average Bonchev–Trinajstić information content (AvgIpc) is 3.27. The molecule has 1 atom stereocenters. The Morgan fingerprint density at radius 2 is 1.82 bits per heavy atom. The SMILES string of the molecule is CCOC(=O)C1=C(c2ccccc2)N=c2sc(=Cc3ccc(OCC#N)cc3)c(=O)n2[C@H]1c1ccc(F)cc1. The maximum absolute atomic E-state index is 13.9. The third kappa shape index (κ3) is 5.28. The molecule has 7 nitrogen and oxygen atoms in total. The fourth-order valence-electron chi connectivity index (χ4n) is 4.33. The summed E-state index contributed by atoms with van der Waals surface area (Å²) in [5.74, 6) is -0.493. The number of hydrogen-bond acceptors (Lipinski definition) is 7. The summed E-state index contributed by atoms with van der Waals surface area (Å²) in [6, 6.07) is 23.0. The first kappa shape index (κ1) is 25.8. The zero-order valence-corrected chi connectivity index (χ0v) is 21.7. The summed E-state index contributed by atoms with van der Waals surface area (Å²) in [5, 5.41) is 8.70. The van der Waals surface area contributed by atoms with Gasteiger partial charge in [-0.2, -0.15) is 5.26 Å². The number of ether oxygens (including phenoxy) is 2. The van der Waals surface area contributed by atoms with Crippen LogP contribution < -0.4 is 19.6 Å². The Morgan fingerprint density at radius 1 is 1.10 bits per heavy atom. The van der Waals surface area contributed by atoms with E-state index in [0.29, 0.717) is 31.9 Å². The van der Waals surface area contributed by atoms with Crippen molar-refractivity contribution in [3.63, 3.8) is 0 Å². The van der Waals surface area contributed by atoms with Crippen LogP contribution in [0.2, 0.25) is 0 Å². The fourth-order valence-corrected chi connectivity index (χ4v) is 5.33. The van der Waals surface area contributed by atoms with E-state index in [1.54, 1.807) is 49.4 Å². The molecule has 1 aliphatic heterocycles. The van der Waals surface area contributed by atoms with Crippen molar-refractivity contribution >= 4 is 29.1 Å². The van der Waals surface area contributed by atoms with Crippen molar-refractivity contribution < 1.29 is 18.7 Å². The van der Waals surface area contributed by atoms with Crippen LogP contribution in [0.3, 0.4) is 0 Å². The first-order valence-corrected chi connectivity index (χ1v) is 13.0. The van der Waals surface area contributed by atoms with Crippen LogP contribution in [0.1, 0.15) is 29.7 Å². The molecule has 0 radical (unpaired) electrons. The van der Waals surface area contributed by atoms with Crippen LogP contribution in [0.25, 0.3) is 11.8 Å².